The molecule has 0 saturated carbocycles. The average Bonchev–Trinajstić information content (AvgIpc) is 3.45. The highest BCUT2D eigenvalue weighted by atomic mass is 127. The molecular weight excluding hydrogens is 491 g/mol. The molecule has 4 rings (SSSR count). The third kappa shape index (κ3) is 4.96. The van der Waals surface area contributed by atoms with Crippen LogP contribution in [0.15, 0.2) is 51.4 Å². The van der Waals surface area contributed by atoms with Crippen molar-refractivity contribution in [1.29, 1.82) is 0 Å². The Bertz CT molecular complexity index is 927. The number of aliphatic imine (C=N–C) groups is 1. The Morgan fingerprint density at radius 1 is 1.21 bits per heavy atom. The molecule has 0 bridgehead atoms. The molecule has 148 valence electrons. The second-order valence-corrected chi connectivity index (χ2v) is 6.86. The lowest BCUT2D eigenvalue weighted by Gasteiger charge is -2.11. The van der Waals surface area contributed by atoms with Gasteiger partial charge in [0, 0.05) is 13.6 Å². The molecule has 1 aromatic carbocycles. The molecule has 1 aliphatic heterocycles. The number of hydrogen-bond acceptors (Lipinski definition) is 6. The summed E-state index contributed by atoms with van der Waals surface area (Å²) < 4.78 is 16.3. The molecule has 0 atom stereocenters. The summed E-state index contributed by atoms with van der Waals surface area (Å²) in [6.07, 6.45) is 2.52. The number of oxazole rings is 1. The average molecular weight is 512 g/mol. The Morgan fingerprint density at radius 3 is 2.93 bits per heavy atom. The van der Waals surface area contributed by atoms with Crippen molar-refractivity contribution in [2.45, 2.75) is 13.0 Å². The first-order valence-corrected chi connectivity index (χ1v) is 9.51. The zero-order valence-corrected chi connectivity index (χ0v) is 18.5. The van der Waals surface area contributed by atoms with Gasteiger partial charge >= 0.3 is 0 Å². The number of hydrogen-bond donors (Lipinski definition) is 2. The molecule has 2 aromatic heterocycles. The van der Waals surface area contributed by atoms with E-state index < -0.39 is 0 Å². The fourth-order valence-electron chi connectivity index (χ4n) is 2.72. The van der Waals surface area contributed by atoms with Crippen LogP contribution in [0.3, 0.4) is 0 Å². The van der Waals surface area contributed by atoms with Gasteiger partial charge in [0.2, 0.25) is 12.7 Å². The third-order valence-corrected chi connectivity index (χ3v) is 4.95. The van der Waals surface area contributed by atoms with Gasteiger partial charge in [0.25, 0.3) is 0 Å². The Labute approximate surface area is 184 Å². The molecule has 9 heteroatoms. The number of aromatic nitrogens is 1. The first-order chi connectivity index (χ1) is 13.3. The van der Waals surface area contributed by atoms with Gasteiger partial charge in [-0.25, -0.2) is 4.98 Å². The van der Waals surface area contributed by atoms with E-state index in [9.17, 15) is 0 Å². The monoisotopic (exact) mass is 512 g/mol. The number of rotatable bonds is 6. The molecule has 1 aliphatic rings. The van der Waals surface area contributed by atoms with Crippen LogP contribution in [-0.4, -0.2) is 31.3 Å². The van der Waals surface area contributed by atoms with E-state index in [1.54, 1.807) is 24.6 Å². The van der Waals surface area contributed by atoms with Gasteiger partial charge in [-0.15, -0.1) is 35.3 Å². The molecule has 0 saturated heterocycles. The smallest absolute Gasteiger partial charge is 0.236 e. The number of nitrogens with one attached hydrogen (secondary N) is 2. The summed E-state index contributed by atoms with van der Waals surface area (Å²) in [5, 5.41) is 8.55. The highest BCUT2D eigenvalue weighted by Gasteiger charge is 2.13. The van der Waals surface area contributed by atoms with Crippen LogP contribution in [0.25, 0.3) is 10.8 Å². The van der Waals surface area contributed by atoms with Crippen molar-refractivity contribution in [3.63, 3.8) is 0 Å². The summed E-state index contributed by atoms with van der Waals surface area (Å²) >= 11 is 1.61. The van der Waals surface area contributed by atoms with Crippen molar-refractivity contribution in [2.24, 2.45) is 4.99 Å². The summed E-state index contributed by atoms with van der Waals surface area (Å²) in [5.74, 6) is 2.98. The van der Waals surface area contributed by atoms with Crippen LogP contribution in [0.5, 0.6) is 11.5 Å². The predicted molar refractivity (Wildman–Crippen MR) is 120 cm³/mol. The van der Waals surface area contributed by atoms with Gasteiger partial charge in [-0.1, -0.05) is 12.1 Å². The molecule has 28 heavy (non-hydrogen) atoms. The van der Waals surface area contributed by atoms with Crippen molar-refractivity contribution in [2.75, 3.05) is 20.4 Å². The van der Waals surface area contributed by atoms with Crippen molar-refractivity contribution >= 4 is 41.3 Å². The lowest BCUT2D eigenvalue weighted by atomic mass is 10.1. The molecule has 0 unspecified atom stereocenters. The van der Waals surface area contributed by atoms with Gasteiger partial charge in [-0.3, -0.25) is 4.99 Å². The SMILES string of the molecule is CN=C(NCCc1ccc2c(c1)OCO2)NCc1coc(-c2cccs2)n1.I. The number of guanidine groups is 1. The number of thiophene rings is 1. The number of benzene rings is 1. The topological polar surface area (TPSA) is 80.9 Å². The molecule has 0 aliphatic carbocycles. The summed E-state index contributed by atoms with van der Waals surface area (Å²) in [6.45, 7) is 1.58. The van der Waals surface area contributed by atoms with Crippen LogP contribution < -0.4 is 20.1 Å². The second kappa shape index (κ2) is 9.78. The van der Waals surface area contributed by atoms with Crippen LogP contribution in [0.2, 0.25) is 0 Å². The Morgan fingerprint density at radius 2 is 2.11 bits per heavy atom. The number of fused-ring (bicyclic) bond motifs is 1. The predicted octanol–water partition coefficient (Wildman–Crippen LogP) is 3.66. The highest BCUT2D eigenvalue weighted by molar-refractivity contribution is 14.0. The fraction of sp³-hybridized carbons (Fsp3) is 0.263. The van der Waals surface area contributed by atoms with E-state index in [4.69, 9.17) is 13.9 Å². The van der Waals surface area contributed by atoms with Gasteiger partial charge in [0.05, 0.1) is 17.1 Å². The van der Waals surface area contributed by atoms with Gasteiger partial charge in [0.15, 0.2) is 17.5 Å². The maximum Gasteiger partial charge on any atom is 0.236 e. The van der Waals surface area contributed by atoms with Crippen LogP contribution >= 0.6 is 35.3 Å². The zero-order chi connectivity index (χ0) is 18.5. The number of halogens is 1. The lowest BCUT2D eigenvalue weighted by Crippen LogP contribution is -2.37. The lowest BCUT2D eigenvalue weighted by molar-refractivity contribution is 0.174. The molecule has 3 heterocycles. The molecule has 0 amide bonds. The van der Waals surface area contributed by atoms with Crippen LogP contribution in [-0.2, 0) is 13.0 Å². The van der Waals surface area contributed by atoms with Crippen LogP contribution in [0.1, 0.15) is 11.3 Å². The van der Waals surface area contributed by atoms with Crippen molar-refractivity contribution in [1.82, 2.24) is 15.6 Å². The van der Waals surface area contributed by atoms with E-state index in [0.717, 1.165) is 41.0 Å². The maximum atomic E-state index is 5.53. The standard InChI is InChI=1S/C19H20N4O3S.HI/c1-20-19(21-7-6-13-4-5-15-16(9-13)26-12-25-15)22-10-14-11-24-18(23-14)17-3-2-8-27-17;/h2-5,8-9,11H,6-7,10,12H2,1H3,(H2,20,21,22);1H. The van der Waals surface area contributed by atoms with E-state index in [1.807, 2.05) is 35.7 Å². The minimum atomic E-state index is 0. The summed E-state index contributed by atoms with van der Waals surface area (Å²) in [6, 6.07) is 9.98. The van der Waals surface area contributed by atoms with Crippen LogP contribution in [0.4, 0.5) is 0 Å². The zero-order valence-electron chi connectivity index (χ0n) is 15.3. The number of nitrogens with zero attached hydrogens (tertiary/aromatic N) is 2. The summed E-state index contributed by atoms with van der Waals surface area (Å²) in [4.78, 5) is 9.76. The van der Waals surface area contributed by atoms with Gasteiger partial charge < -0.3 is 24.5 Å². The van der Waals surface area contributed by atoms with Crippen molar-refractivity contribution < 1.29 is 13.9 Å². The first-order valence-electron chi connectivity index (χ1n) is 8.63. The molecule has 0 fully saturated rings. The third-order valence-electron chi connectivity index (χ3n) is 4.09. The Balaban J connectivity index is 0.00000225. The normalized spacial score (nSPS) is 12.5. The largest absolute Gasteiger partial charge is 0.454 e. The van der Waals surface area contributed by atoms with Gasteiger partial charge in [-0.2, -0.15) is 0 Å². The van der Waals surface area contributed by atoms with E-state index in [-0.39, 0.29) is 24.0 Å². The molecular formula is C19H21IN4O3S. The molecule has 0 spiro atoms. The number of ether oxygens (including phenoxy) is 2. The Kier molecular flexibility index (Phi) is 7.15. The van der Waals surface area contributed by atoms with E-state index in [0.29, 0.717) is 19.2 Å². The van der Waals surface area contributed by atoms with Crippen molar-refractivity contribution in [3.05, 3.63) is 53.2 Å². The fourth-order valence-corrected chi connectivity index (χ4v) is 3.37. The van der Waals surface area contributed by atoms with Gasteiger partial charge in [-0.05, 0) is 35.6 Å². The van der Waals surface area contributed by atoms with Gasteiger partial charge in [0.1, 0.15) is 6.26 Å². The van der Waals surface area contributed by atoms with E-state index >= 15 is 0 Å². The van der Waals surface area contributed by atoms with E-state index in [1.165, 1.54) is 5.56 Å². The Hall–Kier alpha value is -2.27. The molecule has 2 N–H and O–H groups in total. The van der Waals surface area contributed by atoms with Crippen molar-refractivity contribution in [3.8, 4) is 22.3 Å². The minimum absolute atomic E-state index is 0. The summed E-state index contributed by atoms with van der Waals surface area (Å²) in [7, 11) is 1.75. The van der Waals surface area contributed by atoms with Crippen LogP contribution in [0, 0.1) is 0 Å². The molecule has 3 aromatic rings. The van der Waals surface area contributed by atoms with E-state index in [2.05, 4.69) is 20.6 Å². The molecule has 7 nitrogen and oxygen atoms in total. The molecule has 0 radical (unpaired) electrons. The second-order valence-electron chi connectivity index (χ2n) is 5.91. The minimum Gasteiger partial charge on any atom is -0.454 e. The maximum absolute atomic E-state index is 5.53. The highest BCUT2D eigenvalue weighted by Crippen LogP contribution is 2.32. The quantitative estimate of drug-likeness (QED) is 0.298. The first kappa shape index (κ1) is 20.5. The summed E-state index contributed by atoms with van der Waals surface area (Å²) in [5.41, 5.74) is 2.01.